The summed E-state index contributed by atoms with van der Waals surface area (Å²) in [7, 11) is -2.61. The summed E-state index contributed by atoms with van der Waals surface area (Å²) in [5.74, 6) is 0.0607. The number of nitrogens with zero attached hydrogens (tertiary/aromatic N) is 1. The van der Waals surface area contributed by atoms with Gasteiger partial charge in [-0.1, -0.05) is 0 Å². The van der Waals surface area contributed by atoms with E-state index >= 15 is 0 Å². The minimum atomic E-state index is -2.61. The van der Waals surface area contributed by atoms with Crippen LogP contribution in [0.5, 0.6) is 0 Å². The van der Waals surface area contributed by atoms with Gasteiger partial charge >= 0.3 is 0 Å². The molecule has 1 aliphatic rings. The second kappa shape index (κ2) is 3.28. The van der Waals surface area contributed by atoms with E-state index in [1.807, 2.05) is 13.8 Å². The Morgan fingerprint density at radius 1 is 1.45 bits per heavy atom. The zero-order valence-electron chi connectivity index (χ0n) is 6.86. The van der Waals surface area contributed by atoms with Gasteiger partial charge in [-0.25, -0.2) is 0 Å². The van der Waals surface area contributed by atoms with Crippen molar-refractivity contribution in [2.24, 2.45) is 0 Å². The average Bonchev–Trinajstić information content (AvgIpc) is 1.85. The molecule has 0 saturated carbocycles. The molecular weight excluding hydrogens is 166 g/mol. The number of hydrogen-bond donors (Lipinski definition) is 2. The van der Waals surface area contributed by atoms with Gasteiger partial charge in [0, 0.05) is 12.6 Å². The van der Waals surface area contributed by atoms with E-state index in [9.17, 15) is 9.11 Å². The van der Waals surface area contributed by atoms with Crippen molar-refractivity contribution in [3.05, 3.63) is 0 Å². The van der Waals surface area contributed by atoms with Crippen LogP contribution in [0.3, 0.4) is 0 Å². The van der Waals surface area contributed by atoms with Crippen LogP contribution < -0.4 is 0 Å². The van der Waals surface area contributed by atoms with Gasteiger partial charge in [0.2, 0.25) is 0 Å². The van der Waals surface area contributed by atoms with Crippen LogP contribution >= 0.6 is 10.8 Å². The summed E-state index contributed by atoms with van der Waals surface area (Å²) in [5, 5.41) is 0. The summed E-state index contributed by atoms with van der Waals surface area (Å²) < 4.78 is 25.5. The highest BCUT2D eigenvalue weighted by Gasteiger charge is 2.28. The Kier molecular flexibility index (Phi) is 2.77. The van der Waals surface area contributed by atoms with Gasteiger partial charge in [-0.2, -0.15) is 4.31 Å². The molecule has 11 heavy (non-hydrogen) atoms. The van der Waals surface area contributed by atoms with Crippen LogP contribution in [0.25, 0.3) is 0 Å². The fourth-order valence-corrected chi connectivity index (χ4v) is 2.65. The number of rotatable bonds is 1. The topological polar surface area (TPSA) is 52.9 Å². The van der Waals surface area contributed by atoms with Crippen molar-refractivity contribution in [3.63, 3.8) is 0 Å². The molecule has 68 valence electrons. The molecule has 0 bridgehead atoms. The first-order chi connectivity index (χ1) is 5.04. The van der Waals surface area contributed by atoms with Gasteiger partial charge < -0.3 is 4.74 Å². The second-order valence-corrected chi connectivity index (χ2v) is 4.86. The summed E-state index contributed by atoms with van der Waals surface area (Å²) in [6, 6.07) is 0.170. The molecule has 4 nitrogen and oxygen atoms in total. The van der Waals surface area contributed by atoms with Crippen LogP contribution in [-0.4, -0.2) is 38.5 Å². The SMILES string of the molecule is CC(C)N1CCOCS1(O)O. The Hall–Kier alpha value is 0.190. The molecular formula is C6H15NO3S. The highest BCUT2D eigenvalue weighted by molar-refractivity contribution is 8.22. The van der Waals surface area contributed by atoms with Gasteiger partial charge in [0.15, 0.2) is 5.94 Å². The molecule has 0 amide bonds. The highest BCUT2D eigenvalue weighted by Crippen LogP contribution is 2.46. The standard InChI is InChI=1S/C6H15NO3S/c1-6(2)7-3-4-10-5-11(7,8)9/h6,8-9H,3-5H2,1-2H3. The van der Waals surface area contributed by atoms with E-state index in [1.165, 1.54) is 0 Å². The second-order valence-electron chi connectivity index (χ2n) is 2.89. The maximum atomic E-state index is 9.44. The molecule has 0 unspecified atom stereocenters. The lowest BCUT2D eigenvalue weighted by Gasteiger charge is -2.47. The molecule has 1 fully saturated rings. The number of hydrogen-bond acceptors (Lipinski definition) is 4. The lowest BCUT2D eigenvalue weighted by Crippen LogP contribution is -2.41. The Bertz CT molecular complexity index is 140. The van der Waals surface area contributed by atoms with Gasteiger partial charge in [0.25, 0.3) is 0 Å². The van der Waals surface area contributed by atoms with E-state index in [0.717, 1.165) is 0 Å². The summed E-state index contributed by atoms with van der Waals surface area (Å²) in [5.41, 5.74) is 0. The molecule has 5 heteroatoms. The molecule has 1 aliphatic heterocycles. The lowest BCUT2D eigenvalue weighted by atomic mass is 10.4. The molecule has 0 atom stereocenters. The number of ether oxygens (including phenoxy) is 1. The third-order valence-corrected chi connectivity index (χ3v) is 3.49. The molecule has 1 rings (SSSR count). The van der Waals surface area contributed by atoms with Crippen LogP contribution in [-0.2, 0) is 4.74 Å². The van der Waals surface area contributed by atoms with E-state index in [-0.39, 0.29) is 12.0 Å². The van der Waals surface area contributed by atoms with Crippen molar-refractivity contribution in [3.8, 4) is 0 Å². The van der Waals surface area contributed by atoms with E-state index in [0.29, 0.717) is 13.2 Å². The van der Waals surface area contributed by atoms with E-state index < -0.39 is 10.8 Å². The molecule has 0 spiro atoms. The highest BCUT2D eigenvalue weighted by atomic mass is 32.3. The lowest BCUT2D eigenvalue weighted by molar-refractivity contribution is 0.106. The first-order valence-electron chi connectivity index (χ1n) is 3.64. The van der Waals surface area contributed by atoms with Crippen molar-refractivity contribution in [2.75, 3.05) is 19.1 Å². The maximum absolute atomic E-state index is 9.44. The molecule has 0 aromatic carbocycles. The maximum Gasteiger partial charge on any atom is 0.150 e. The van der Waals surface area contributed by atoms with Crippen LogP contribution in [0.15, 0.2) is 0 Å². The predicted octanol–water partition coefficient (Wildman–Crippen LogP) is 1.35. The van der Waals surface area contributed by atoms with Gasteiger partial charge in [-0.05, 0) is 13.8 Å². The van der Waals surface area contributed by atoms with E-state index in [1.54, 1.807) is 4.31 Å². The van der Waals surface area contributed by atoms with Crippen molar-refractivity contribution in [2.45, 2.75) is 19.9 Å². The molecule has 1 saturated heterocycles. The first-order valence-corrected chi connectivity index (χ1v) is 5.32. The van der Waals surface area contributed by atoms with Crippen molar-refractivity contribution >= 4 is 10.8 Å². The monoisotopic (exact) mass is 181 g/mol. The van der Waals surface area contributed by atoms with Gasteiger partial charge in [-0.3, -0.25) is 9.11 Å². The minimum absolute atomic E-state index is 0.0607. The molecule has 0 aliphatic carbocycles. The van der Waals surface area contributed by atoms with Crippen LogP contribution in [0.2, 0.25) is 0 Å². The molecule has 0 radical (unpaired) electrons. The normalized spacial score (nSPS) is 28.8. The third-order valence-electron chi connectivity index (χ3n) is 1.65. The summed E-state index contributed by atoms with van der Waals surface area (Å²) in [6.07, 6.45) is 0. The molecule has 1 heterocycles. The first kappa shape index (κ1) is 9.28. The zero-order chi connectivity index (χ0) is 8.48. The third kappa shape index (κ3) is 2.07. The Morgan fingerprint density at radius 2 is 2.09 bits per heavy atom. The fraction of sp³-hybridized carbons (Fsp3) is 1.00. The van der Waals surface area contributed by atoms with Crippen molar-refractivity contribution in [1.82, 2.24) is 4.31 Å². The van der Waals surface area contributed by atoms with E-state index in [4.69, 9.17) is 4.74 Å². The van der Waals surface area contributed by atoms with Crippen molar-refractivity contribution < 1.29 is 13.8 Å². The minimum Gasteiger partial charge on any atom is -0.358 e. The van der Waals surface area contributed by atoms with Gasteiger partial charge in [0.1, 0.15) is 0 Å². The molecule has 0 aromatic heterocycles. The fourth-order valence-electron chi connectivity index (χ4n) is 1.13. The Balaban J connectivity index is 2.60. The zero-order valence-corrected chi connectivity index (χ0v) is 7.67. The summed E-state index contributed by atoms with van der Waals surface area (Å²) in [4.78, 5) is 0. The summed E-state index contributed by atoms with van der Waals surface area (Å²) in [6.45, 7) is 5.09. The average molecular weight is 181 g/mol. The quantitative estimate of drug-likeness (QED) is 0.641. The predicted molar refractivity (Wildman–Crippen MR) is 45.5 cm³/mol. The van der Waals surface area contributed by atoms with Crippen LogP contribution in [0.4, 0.5) is 0 Å². The van der Waals surface area contributed by atoms with Crippen molar-refractivity contribution in [1.29, 1.82) is 0 Å². The molecule has 2 N–H and O–H groups in total. The van der Waals surface area contributed by atoms with E-state index in [2.05, 4.69) is 0 Å². The molecule has 0 aromatic rings. The summed E-state index contributed by atoms with van der Waals surface area (Å²) >= 11 is 0. The van der Waals surface area contributed by atoms with Gasteiger partial charge in [0.05, 0.1) is 6.61 Å². The largest absolute Gasteiger partial charge is 0.358 e. The smallest absolute Gasteiger partial charge is 0.150 e. The van der Waals surface area contributed by atoms with Gasteiger partial charge in [-0.15, -0.1) is 10.8 Å². The van der Waals surface area contributed by atoms with Crippen LogP contribution in [0, 0.1) is 0 Å². The Labute approximate surface area is 68.6 Å². The Morgan fingerprint density at radius 3 is 2.45 bits per heavy atom. The van der Waals surface area contributed by atoms with Crippen LogP contribution in [0.1, 0.15) is 13.8 Å².